The normalized spacial score (nSPS) is 14.5. The van der Waals surface area contributed by atoms with Crippen LogP contribution in [0.2, 0.25) is 10.0 Å². The van der Waals surface area contributed by atoms with Crippen molar-refractivity contribution in [1.29, 1.82) is 0 Å². The minimum atomic E-state index is 0.291. The Hall–Kier alpha value is -1.64. The highest BCUT2D eigenvalue weighted by Crippen LogP contribution is 2.38. The average Bonchev–Trinajstić information content (AvgIpc) is 2.66. The molecule has 0 saturated carbocycles. The number of fused-ring (bicyclic) bond motifs is 1. The summed E-state index contributed by atoms with van der Waals surface area (Å²) in [4.78, 5) is 0. The molecule has 1 aliphatic carbocycles. The molecule has 0 unspecified atom stereocenters. The van der Waals surface area contributed by atoms with Gasteiger partial charge in [0.25, 0.3) is 0 Å². The highest BCUT2D eigenvalue weighted by atomic mass is 35.5. The van der Waals surface area contributed by atoms with E-state index < -0.39 is 0 Å². The summed E-state index contributed by atoms with van der Waals surface area (Å²) in [7, 11) is 1.65. The van der Waals surface area contributed by atoms with Crippen LogP contribution in [-0.2, 0) is 6.42 Å². The second-order valence-corrected chi connectivity index (χ2v) is 6.17. The predicted octanol–water partition coefficient (Wildman–Crippen LogP) is 5.76. The van der Waals surface area contributed by atoms with E-state index >= 15 is 0 Å². The van der Waals surface area contributed by atoms with Gasteiger partial charge < -0.3 is 9.84 Å². The standard InChI is InChI=1S/C18H16Cl2O2/c1-22-13-6-8-14-11(9-13)3-2-4-16(18(14)21)15-7-5-12(19)10-17(15)20/h5-10,21H,2-4H2,1H3. The summed E-state index contributed by atoms with van der Waals surface area (Å²) in [5, 5.41) is 11.9. The number of allylic oxidation sites excluding steroid dienone is 1. The number of hydrogen-bond acceptors (Lipinski definition) is 2. The molecule has 1 N–H and O–H groups in total. The summed E-state index contributed by atoms with van der Waals surface area (Å²) < 4.78 is 5.27. The highest BCUT2D eigenvalue weighted by Gasteiger charge is 2.20. The number of rotatable bonds is 2. The Balaban J connectivity index is 2.14. The Kier molecular flexibility index (Phi) is 4.32. The molecule has 0 heterocycles. The molecule has 0 aromatic heterocycles. The second-order valence-electron chi connectivity index (χ2n) is 5.33. The van der Waals surface area contributed by atoms with Gasteiger partial charge >= 0.3 is 0 Å². The molecule has 0 saturated heterocycles. The van der Waals surface area contributed by atoms with Crippen LogP contribution in [-0.4, -0.2) is 12.2 Å². The lowest BCUT2D eigenvalue weighted by atomic mass is 9.98. The Bertz CT molecular complexity index is 751. The lowest BCUT2D eigenvalue weighted by molar-refractivity contribution is 0.414. The summed E-state index contributed by atoms with van der Waals surface area (Å²) in [5.41, 5.74) is 3.65. The summed E-state index contributed by atoms with van der Waals surface area (Å²) in [6, 6.07) is 11.1. The van der Waals surface area contributed by atoms with Crippen molar-refractivity contribution in [2.45, 2.75) is 19.3 Å². The van der Waals surface area contributed by atoms with Crippen LogP contribution in [0.1, 0.15) is 29.5 Å². The number of aryl methyl sites for hydroxylation is 1. The first-order valence-electron chi connectivity index (χ1n) is 7.15. The minimum Gasteiger partial charge on any atom is -0.507 e. The molecule has 0 spiro atoms. The number of hydrogen-bond donors (Lipinski definition) is 1. The van der Waals surface area contributed by atoms with Gasteiger partial charge in [0.2, 0.25) is 0 Å². The van der Waals surface area contributed by atoms with Crippen molar-refractivity contribution in [2.24, 2.45) is 0 Å². The van der Waals surface area contributed by atoms with Gasteiger partial charge in [-0.1, -0.05) is 29.3 Å². The van der Waals surface area contributed by atoms with Crippen LogP contribution in [0.3, 0.4) is 0 Å². The van der Waals surface area contributed by atoms with E-state index in [0.717, 1.165) is 47.3 Å². The topological polar surface area (TPSA) is 29.5 Å². The Morgan fingerprint density at radius 1 is 1.00 bits per heavy atom. The zero-order chi connectivity index (χ0) is 15.7. The van der Waals surface area contributed by atoms with Crippen LogP contribution in [0.4, 0.5) is 0 Å². The van der Waals surface area contributed by atoms with E-state index in [9.17, 15) is 5.11 Å². The van der Waals surface area contributed by atoms with E-state index in [0.29, 0.717) is 15.8 Å². The number of aliphatic hydroxyl groups excluding tert-OH is 1. The lowest BCUT2D eigenvalue weighted by Gasteiger charge is -2.12. The third kappa shape index (κ3) is 2.81. The monoisotopic (exact) mass is 334 g/mol. The molecular formula is C18H16Cl2O2. The van der Waals surface area contributed by atoms with E-state index in [1.54, 1.807) is 19.2 Å². The van der Waals surface area contributed by atoms with Gasteiger partial charge in [0.05, 0.1) is 7.11 Å². The highest BCUT2D eigenvalue weighted by molar-refractivity contribution is 6.35. The molecule has 0 aliphatic heterocycles. The van der Waals surface area contributed by atoms with E-state index in [-0.39, 0.29) is 0 Å². The maximum atomic E-state index is 10.8. The summed E-state index contributed by atoms with van der Waals surface area (Å²) in [6.07, 6.45) is 2.61. The number of methoxy groups -OCH3 is 1. The van der Waals surface area contributed by atoms with Gasteiger partial charge in [-0.2, -0.15) is 0 Å². The van der Waals surface area contributed by atoms with Crippen molar-refractivity contribution in [3.8, 4) is 5.75 Å². The molecule has 0 radical (unpaired) electrons. The van der Waals surface area contributed by atoms with Crippen LogP contribution in [0.25, 0.3) is 11.3 Å². The van der Waals surface area contributed by atoms with Gasteiger partial charge in [0.1, 0.15) is 11.5 Å². The Morgan fingerprint density at radius 3 is 2.50 bits per heavy atom. The fraction of sp³-hybridized carbons (Fsp3) is 0.222. The predicted molar refractivity (Wildman–Crippen MR) is 91.8 cm³/mol. The van der Waals surface area contributed by atoms with E-state index in [1.807, 2.05) is 24.3 Å². The number of halogens is 2. The quantitative estimate of drug-likeness (QED) is 0.755. The van der Waals surface area contributed by atoms with Crippen LogP contribution in [0.5, 0.6) is 5.75 Å². The molecule has 114 valence electrons. The maximum Gasteiger partial charge on any atom is 0.126 e. The van der Waals surface area contributed by atoms with Crippen LogP contribution >= 0.6 is 23.2 Å². The summed E-state index contributed by atoms with van der Waals surface area (Å²) in [5.74, 6) is 1.10. The van der Waals surface area contributed by atoms with Gasteiger partial charge in [-0.15, -0.1) is 0 Å². The fourth-order valence-corrected chi connectivity index (χ4v) is 3.39. The van der Waals surface area contributed by atoms with Gasteiger partial charge in [0.15, 0.2) is 0 Å². The second kappa shape index (κ2) is 6.23. The third-order valence-corrected chi connectivity index (χ3v) is 4.53. The molecule has 2 aromatic rings. The van der Waals surface area contributed by atoms with Crippen LogP contribution in [0.15, 0.2) is 36.4 Å². The van der Waals surface area contributed by atoms with E-state index in [4.69, 9.17) is 27.9 Å². The lowest BCUT2D eigenvalue weighted by Crippen LogP contribution is -1.94. The summed E-state index contributed by atoms with van der Waals surface area (Å²) >= 11 is 12.3. The summed E-state index contributed by atoms with van der Waals surface area (Å²) in [6.45, 7) is 0. The number of benzene rings is 2. The molecule has 2 aromatic carbocycles. The molecule has 3 rings (SSSR count). The van der Waals surface area contributed by atoms with Crippen molar-refractivity contribution >= 4 is 34.5 Å². The molecule has 0 atom stereocenters. The van der Waals surface area contributed by atoms with Gasteiger partial charge in [-0.05, 0) is 55.2 Å². The van der Waals surface area contributed by atoms with Crippen molar-refractivity contribution in [2.75, 3.05) is 7.11 Å². The Morgan fingerprint density at radius 2 is 1.77 bits per heavy atom. The zero-order valence-corrected chi connectivity index (χ0v) is 13.7. The van der Waals surface area contributed by atoms with Crippen molar-refractivity contribution in [3.05, 3.63) is 63.1 Å². The first kappa shape index (κ1) is 15.3. The van der Waals surface area contributed by atoms with Crippen molar-refractivity contribution < 1.29 is 9.84 Å². The molecule has 0 bridgehead atoms. The SMILES string of the molecule is COc1ccc2c(c1)CCCC(c1ccc(Cl)cc1Cl)=C2O. The number of ether oxygens (including phenoxy) is 1. The third-order valence-electron chi connectivity index (χ3n) is 3.98. The zero-order valence-electron chi connectivity index (χ0n) is 12.2. The van der Waals surface area contributed by atoms with Crippen molar-refractivity contribution in [3.63, 3.8) is 0 Å². The first-order chi connectivity index (χ1) is 10.6. The molecule has 2 nitrogen and oxygen atoms in total. The molecule has 0 amide bonds. The largest absolute Gasteiger partial charge is 0.507 e. The van der Waals surface area contributed by atoms with Crippen LogP contribution < -0.4 is 4.74 Å². The van der Waals surface area contributed by atoms with Gasteiger partial charge in [-0.3, -0.25) is 0 Å². The number of aliphatic hydroxyl groups is 1. The molecule has 0 fully saturated rings. The molecular weight excluding hydrogens is 319 g/mol. The van der Waals surface area contributed by atoms with Gasteiger partial charge in [0, 0.05) is 26.7 Å². The Labute approximate surface area is 139 Å². The van der Waals surface area contributed by atoms with E-state index in [2.05, 4.69) is 0 Å². The van der Waals surface area contributed by atoms with Gasteiger partial charge in [-0.25, -0.2) is 0 Å². The first-order valence-corrected chi connectivity index (χ1v) is 7.90. The van der Waals surface area contributed by atoms with Crippen molar-refractivity contribution in [1.82, 2.24) is 0 Å². The minimum absolute atomic E-state index is 0.291. The molecule has 1 aliphatic rings. The molecule has 4 heteroatoms. The average molecular weight is 335 g/mol. The smallest absolute Gasteiger partial charge is 0.126 e. The molecule has 22 heavy (non-hydrogen) atoms. The van der Waals surface area contributed by atoms with E-state index in [1.165, 1.54) is 0 Å². The fourth-order valence-electron chi connectivity index (χ4n) is 2.87. The van der Waals surface area contributed by atoms with Crippen LogP contribution in [0, 0.1) is 0 Å². The maximum absolute atomic E-state index is 10.8.